The highest BCUT2D eigenvalue weighted by molar-refractivity contribution is 6.40. The fourth-order valence-electron chi connectivity index (χ4n) is 2.00. The van der Waals surface area contributed by atoms with Gasteiger partial charge in [-0.15, -0.1) is 0 Å². The van der Waals surface area contributed by atoms with Crippen molar-refractivity contribution in [3.63, 3.8) is 0 Å². The van der Waals surface area contributed by atoms with Gasteiger partial charge in [-0.2, -0.15) is 0 Å². The normalized spacial score (nSPS) is 11.0. The summed E-state index contributed by atoms with van der Waals surface area (Å²) in [5.74, 6) is -0.900. The second-order valence-corrected chi connectivity index (χ2v) is 5.14. The number of hydrogen-bond acceptors (Lipinski definition) is 3. The highest BCUT2D eigenvalue weighted by Crippen LogP contribution is 2.38. The molecule has 0 atom stereocenters. The second kappa shape index (κ2) is 5.06. The Kier molecular flexibility index (Phi) is 3.35. The maximum absolute atomic E-state index is 13.8. The van der Waals surface area contributed by atoms with Crippen molar-refractivity contribution in [2.45, 2.75) is 0 Å². The summed E-state index contributed by atoms with van der Waals surface area (Å²) in [6.45, 7) is 0. The molecule has 0 spiro atoms. The van der Waals surface area contributed by atoms with Crippen LogP contribution in [0.25, 0.3) is 22.3 Å². The van der Waals surface area contributed by atoms with E-state index in [0.717, 1.165) is 6.07 Å². The Morgan fingerprint density at radius 2 is 1.86 bits per heavy atom. The number of aromatic hydroxyl groups is 1. The molecule has 106 valence electrons. The van der Waals surface area contributed by atoms with Crippen LogP contribution in [0.1, 0.15) is 0 Å². The lowest BCUT2D eigenvalue weighted by Gasteiger charge is -2.07. The Labute approximate surface area is 128 Å². The molecule has 0 aliphatic heterocycles. The summed E-state index contributed by atoms with van der Waals surface area (Å²) in [4.78, 5) is 12.1. The summed E-state index contributed by atoms with van der Waals surface area (Å²) in [6.07, 6.45) is 0. The van der Waals surface area contributed by atoms with E-state index in [4.69, 9.17) is 27.6 Å². The van der Waals surface area contributed by atoms with Crippen LogP contribution in [0.3, 0.4) is 0 Å². The van der Waals surface area contributed by atoms with Gasteiger partial charge in [0.1, 0.15) is 16.6 Å². The largest absolute Gasteiger partial charge is 0.505 e. The van der Waals surface area contributed by atoms with Crippen LogP contribution >= 0.6 is 23.2 Å². The molecule has 3 rings (SSSR count). The second-order valence-electron chi connectivity index (χ2n) is 4.35. The van der Waals surface area contributed by atoms with Crippen LogP contribution in [0.4, 0.5) is 4.39 Å². The van der Waals surface area contributed by atoms with Gasteiger partial charge < -0.3 is 9.52 Å². The van der Waals surface area contributed by atoms with E-state index in [0.29, 0.717) is 0 Å². The topological polar surface area (TPSA) is 50.4 Å². The summed E-state index contributed by atoms with van der Waals surface area (Å²) in [5, 5.41) is 9.58. The average Bonchev–Trinajstić information content (AvgIpc) is 2.46. The molecular formula is C15H7Cl2FO3. The highest BCUT2D eigenvalue weighted by atomic mass is 35.5. The van der Waals surface area contributed by atoms with E-state index in [-0.39, 0.29) is 38.1 Å². The van der Waals surface area contributed by atoms with E-state index in [1.807, 2.05) is 0 Å². The van der Waals surface area contributed by atoms with Crippen molar-refractivity contribution in [3.8, 4) is 17.1 Å². The summed E-state index contributed by atoms with van der Waals surface area (Å²) >= 11 is 11.7. The van der Waals surface area contributed by atoms with Crippen LogP contribution in [-0.4, -0.2) is 5.11 Å². The number of hydrogen-bond donors (Lipinski definition) is 1. The number of rotatable bonds is 1. The van der Waals surface area contributed by atoms with Gasteiger partial charge in [0.25, 0.3) is 0 Å². The van der Waals surface area contributed by atoms with Crippen molar-refractivity contribution in [1.82, 2.24) is 0 Å². The van der Waals surface area contributed by atoms with Gasteiger partial charge in [0.15, 0.2) is 16.8 Å². The fourth-order valence-corrected chi connectivity index (χ4v) is 2.50. The molecule has 0 amide bonds. The first-order chi connectivity index (χ1) is 9.99. The van der Waals surface area contributed by atoms with Crippen LogP contribution in [0.5, 0.6) is 5.75 Å². The van der Waals surface area contributed by atoms with Crippen molar-refractivity contribution in [1.29, 1.82) is 0 Å². The van der Waals surface area contributed by atoms with Crippen molar-refractivity contribution in [2.24, 2.45) is 0 Å². The Balaban J connectivity index is 2.39. The van der Waals surface area contributed by atoms with Gasteiger partial charge in [0, 0.05) is 6.07 Å². The maximum Gasteiger partial charge on any atom is 0.193 e. The molecule has 0 saturated heterocycles. The van der Waals surface area contributed by atoms with E-state index < -0.39 is 11.2 Å². The van der Waals surface area contributed by atoms with Gasteiger partial charge in [-0.1, -0.05) is 35.3 Å². The molecular weight excluding hydrogens is 318 g/mol. The van der Waals surface area contributed by atoms with Gasteiger partial charge in [-0.3, -0.25) is 4.79 Å². The Morgan fingerprint density at radius 1 is 1.14 bits per heavy atom. The van der Waals surface area contributed by atoms with E-state index >= 15 is 0 Å². The van der Waals surface area contributed by atoms with Crippen molar-refractivity contribution in [2.75, 3.05) is 0 Å². The third kappa shape index (κ3) is 2.26. The predicted molar refractivity (Wildman–Crippen MR) is 79.6 cm³/mol. The first-order valence-electron chi connectivity index (χ1n) is 5.88. The molecule has 0 aliphatic carbocycles. The molecule has 1 aromatic heterocycles. The zero-order valence-electron chi connectivity index (χ0n) is 10.4. The lowest BCUT2D eigenvalue weighted by molar-refractivity contribution is 0.475. The molecule has 3 nitrogen and oxygen atoms in total. The lowest BCUT2D eigenvalue weighted by atomic mass is 10.1. The van der Waals surface area contributed by atoms with Crippen LogP contribution < -0.4 is 5.43 Å². The Hall–Kier alpha value is -2.04. The molecule has 0 aliphatic rings. The molecule has 0 bridgehead atoms. The molecule has 0 fully saturated rings. The van der Waals surface area contributed by atoms with E-state index in [1.165, 1.54) is 24.3 Å². The minimum atomic E-state index is -0.533. The van der Waals surface area contributed by atoms with E-state index in [2.05, 4.69) is 0 Å². The fraction of sp³-hybridized carbons (Fsp3) is 0. The molecule has 0 unspecified atom stereocenters. The molecule has 3 aromatic rings. The minimum Gasteiger partial charge on any atom is -0.505 e. The van der Waals surface area contributed by atoms with Crippen molar-refractivity contribution < 1.29 is 13.9 Å². The molecule has 6 heteroatoms. The van der Waals surface area contributed by atoms with Gasteiger partial charge in [0.2, 0.25) is 0 Å². The summed E-state index contributed by atoms with van der Waals surface area (Å²) in [5.41, 5.74) is -0.343. The highest BCUT2D eigenvalue weighted by Gasteiger charge is 2.17. The molecule has 21 heavy (non-hydrogen) atoms. The molecule has 1 N–H and O–H groups in total. The molecule has 2 aromatic carbocycles. The predicted octanol–water partition coefficient (Wildman–Crippen LogP) is 4.61. The zero-order chi connectivity index (χ0) is 15.1. The summed E-state index contributed by atoms with van der Waals surface area (Å²) in [6, 6.07) is 8.28. The van der Waals surface area contributed by atoms with Crippen molar-refractivity contribution in [3.05, 3.63) is 62.5 Å². The SMILES string of the molecule is O=c1cc(-c2ccccc2F)oc2c(Cl)c(O)c(Cl)cc12. The number of halogens is 3. The minimum absolute atomic E-state index is 0.0224. The quantitative estimate of drug-likeness (QED) is 0.711. The van der Waals surface area contributed by atoms with Crippen LogP contribution in [0.15, 0.2) is 45.6 Å². The van der Waals surface area contributed by atoms with Crippen LogP contribution in [-0.2, 0) is 0 Å². The molecule has 1 heterocycles. The first-order valence-corrected chi connectivity index (χ1v) is 6.64. The average molecular weight is 325 g/mol. The summed E-state index contributed by atoms with van der Waals surface area (Å²) in [7, 11) is 0. The van der Waals surface area contributed by atoms with Gasteiger partial charge in [-0.05, 0) is 18.2 Å². The lowest BCUT2D eigenvalue weighted by Crippen LogP contribution is -2.01. The number of fused-ring (bicyclic) bond motifs is 1. The Bertz CT molecular complexity index is 919. The third-order valence-electron chi connectivity index (χ3n) is 3.03. The monoisotopic (exact) mass is 324 g/mol. The van der Waals surface area contributed by atoms with Crippen LogP contribution in [0.2, 0.25) is 10.0 Å². The maximum atomic E-state index is 13.8. The van der Waals surface area contributed by atoms with E-state index in [1.54, 1.807) is 6.07 Å². The standard InChI is InChI=1S/C15H7Cl2FO3/c16-9-5-8-11(19)6-12(7-3-1-2-4-10(7)18)21-15(8)13(17)14(9)20/h1-6,20H. The van der Waals surface area contributed by atoms with Crippen LogP contribution in [0, 0.1) is 5.82 Å². The smallest absolute Gasteiger partial charge is 0.193 e. The van der Waals surface area contributed by atoms with Crippen molar-refractivity contribution >= 4 is 34.2 Å². The first kappa shape index (κ1) is 13.9. The number of benzene rings is 2. The number of phenolic OH excluding ortho intramolecular Hbond substituents is 1. The number of phenols is 1. The van der Waals surface area contributed by atoms with Gasteiger partial charge >= 0.3 is 0 Å². The third-order valence-corrected chi connectivity index (χ3v) is 3.67. The molecule has 0 radical (unpaired) electrons. The zero-order valence-corrected chi connectivity index (χ0v) is 11.9. The van der Waals surface area contributed by atoms with E-state index in [9.17, 15) is 14.3 Å². The Morgan fingerprint density at radius 3 is 2.57 bits per heavy atom. The summed E-state index contributed by atoms with van der Waals surface area (Å²) < 4.78 is 19.3. The van der Waals surface area contributed by atoms with Gasteiger partial charge in [-0.25, -0.2) is 4.39 Å². The van der Waals surface area contributed by atoms with Gasteiger partial charge in [0.05, 0.1) is 16.0 Å². The molecule has 0 saturated carbocycles.